The predicted molar refractivity (Wildman–Crippen MR) is 105 cm³/mol. The fraction of sp³-hybridized carbons (Fsp3) is 0.176. The number of halogens is 1. The lowest BCUT2D eigenvalue weighted by Crippen LogP contribution is -2.15. The van der Waals surface area contributed by atoms with Crippen molar-refractivity contribution in [1.82, 2.24) is 20.0 Å². The molecule has 2 aromatic heterocycles. The Bertz CT molecular complexity index is 1120. The molecule has 0 spiro atoms. The monoisotopic (exact) mass is 420 g/mol. The van der Waals surface area contributed by atoms with E-state index in [0.717, 1.165) is 5.69 Å². The number of hydrogen-bond acceptors (Lipinski definition) is 6. The number of hydrogen-bond donors (Lipinski definition) is 2. The lowest BCUT2D eigenvalue weighted by molar-refractivity contribution is 0.102. The summed E-state index contributed by atoms with van der Waals surface area (Å²) < 4.78 is 28.8. The zero-order valence-corrected chi connectivity index (χ0v) is 16.8. The average Bonchev–Trinajstić information content (AvgIpc) is 2.89. The molecule has 0 aliphatic heterocycles. The van der Waals surface area contributed by atoms with Crippen LogP contribution in [0.25, 0.3) is 0 Å². The summed E-state index contributed by atoms with van der Waals surface area (Å²) in [5, 5.41) is 14.4. The summed E-state index contributed by atoms with van der Waals surface area (Å²) in [6.07, 6.45) is 0. The number of nitrogens with zero attached hydrogens (tertiary/aromatic N) is 4. The van der Waals surface area contributed by atoms with Crippen LogP contribution in [0.5, 0.6) is 0 Å². The van der Waals surface area contributed by atoms with Gasteiger partial charge in [0.05, 0.1) is 16.2 Å². The van der Waals surface area contributed by atoms with Gasteiger partial charge in [0.25, 0.3) is 15.9 Å². The van der Waals surface area contributed by atoms with Crippen molar-refractivity contribution >= 4 is 39.0 Å². The number of benzene rings is 1. The summed E-state index contributed by atoms with van der Waals surface area (Å²) >= 11 is 5.63. The standard InChI is InChI=1S/C17H17ClN6O3S/c1-10-16(11(2)24(3)22-10)17(25)19-12-4-6-13(7-5-12)28(26,27)23-15-9-8-14(18)20-21-15/h4-9H,1-3H3,(H,19,25)(H,21,23). The topological polar surface area (TPSA) is 119 Å². The number of aryl methyl sites for hydroxylation is 2. The van der Waals surface area contributed by atoms with Crippen LogP contribution in [0.3, 0.4) is 0 Å². The van der Waals surface area contributed by atoms with E-state index in [2.05, 4.69) is 25.3 Å². The maximum Gasteiger partial charge on any atom is 0.263 e. The Balaban J connectivity index is 1.75. The first-order chi connectivity index (χ1) is 13.2. The maximum absolute atomic E-state index is 12.5. The van der Waals surface area contributed by atoms with Crippen molar-refractivity contribution in [1.29, 1.82) is 0 Å². The number of sulfonamides is 1. The number of amides is 1. The van der Waals surface area contributed by atoms with Gasteiger partial charge in [0, 0.05) is 18.4 Å². The molecule has 28 heavy (non-hydrogen) atoms. The van der Waals surface area contributed by atoms with Crippen molar-refractivity contribution in [3.8, 4) is 0 Å². The molecule has 3 rings (SSSR count). The molecule has 1 aromatic carbocycles. The highest BCUT2D eigenvalue weighted by atomic mass is 35.5. The second-order valence-electron chi connectivity index (χ2n) is 5.99. The SMILES string of the molecule is Cc1nn(C)c(C)c1C(=O)Nc1ccc(S(=O)(=O)Nc2ccc(Cl)nn2)cc1. The minimum atomic E-state index is -3.86. The zero-order valence-electron chi connectivity index (χ0n) is 15.3. The van der Waals surface area contributed by atoms with Gasteiger partial charge in [0.2, 0.25) is 0 Å². The normalized spacial score (nSPS) is 11.3. The van der Waals surface area contributed by atoms with Gasteiger partial charge < -0.3 is 5.32 Å². The first-order valence-corrected chi connectivity index (χ1v) is 9.97. The average molecular weight is 421 g/mol. The van der Waals surface area contributed by atoms with Gasteiger partial charge in [-0.25, -0.2) is 8.42 Å². The molecule has 0 aliphatic carbocycles. The van der Waals surface area contributed by atoms with Crippen molar-refractivity contribution in [3.63, 3.8) is 0 Å². The smallest absolute Gasteiger partial charge is 0.263 e. The summed E-state index contributed by atoms with van der Waals surface area (Å²) in [7, 11) is -2.09. The molecule has 0 unspecified atom stereocenters. The van der Waals surface area contributed by atoms with Crippen LogP contribution < -0.4 is 10.0 Å². The van der Waals surface area contributed by atoms with E-state index in [1.54, 1.807) is 25.6 Å². The fourth-order valence-electron chi connectivity index (χ4n) is 2.58. The van der Waals surface area contributed by atoms with Gasteiger partial charge in [-0.1, -0.05) is 11.6 Å². The van der Waals surface area contributed by atoms with E-state index in [1.807, 2.05) is 0 Å². The van der Waals surface area contributed by atoms with Gasteiger partial charge in [0.1, 0.15) is 0 Å². The van der Waals surface area contributed by atoms with Crippen molar-refractivity contribution in [3.05, 3.63) is 58.5 Å². The predicted octanol–water partition coefficient (Wildman–Crippen LogP) is 2.53. The number of anilines is 2. The quantitative estimate of drug-likeness (QED) is 0.654. The van der Waals surface area contributed by atoms with Crippen LogP contribution in [-0.4, -0.2) is 34.3 Å². The first kappa shape index (κ1) is 19.8. The van der Waals surface area contributed by atoms with E-state index in [9.17, 15) is 13.2 Å². The number of nitrogens with one attached hydrogen (secondary N) is 2. The summed E-state index contributed by atoms with van der Waals surface area (Å²) in [6, 6.07) is 8.59. The molecule has 11 heteroatoms. The number of carbonyl (C=O) groups excluding carboxylic acids is 1. The van der Waals surface area contributed by atoms with E-state index in [0.29, 0.717) is 16.9 Å². The molecular formula is C17H17ClN6O3S. The zero-order chi connectivity index (χ0) is 20.5. The molecule has 0 atom stereocenters. The molecule has 146 valence electrons. The van der Waals surface area contributed by atoms with E-state index >= 15 is 0 Å². The van der Waals surface area contributed by atoms with Crippen LogP contribution in [-0.2, 0) is 17.1 Å². The minimum Gasteiger partial charge on any atom is -0.322 e. The van der Waals surface area contributed by atoms with Gasteiger partial charge in [-0.05, 0) is 50.2 Å². The third-order valence-electron chi connectivity index (χ3n) is 4.03. The Morgan fingerprint density at radius 2 is 1.75 bits per heavy atom. The summed E-state index contributed by atoms with van der Waals surface area (Å²) in [5.41, 5.74) is 2.30. The van der Waals surface area contributed by atoms with Crippen LogP contribution in [0.4, 0.5) is 11.5 Å². The molecule has 0 aliphatic rings. The molecule has 3 aromatic rings. The van der Waals surface area contributed by atoms with Gasteiger partial charge in [-0.3, -0.25) is 14.2 Å². The highest BCUT2D eigenvalue weighted by molar-refractivity contribution is 7.92. The van der Waals surface area contributed by atoms with Crippen LogP contribution >= 0.6 is 11.6 Å². The third kappa shape index (κ3) is 4.12. The first-order valence-electron chi connectivity index (χ1n) is 8.11. The summed E-state index contributed by atoms with van der Waals surface area (Å²) in [5.74, 6) is -0.266. The van der Waals surface area contributed by atoms with E-state index in [-0.39, 0.29) is 21.8 Å². The van der Waals surface area contributed by atoms with Crippen LogP contribution in [0, 0.1) is 13.8 Å². The Morgan fingerprint density at radius 1 is 1.07 bits per heavy atom. The lowest BCUT2D eigenvalue weighted by atomic mass is 10.2. The Hall–Kier alpha value is -2.98. The van der Waals surface area contributed by atoms with E-state index < -0.39 is 10.0 Å². The van der Waals surface area contributed by atoms with Crippen molar-refractivity contribution in [2.75, 3.05) is 10.0 Å². The van der Waals surface area contributed by atoms with Crippen molar-refractivity contribution in [2.24, 2.45) is 7.05 Å². The molecule has 9 nitrogen and oxygen atoms in total. The molecule has 0 fully saturated rings. The molecule has 0 bridgehead atoms. The second kappa shape index (κ2) is 7.56. The Morgan fingerprint density at radius 3 is 2.29 bits per heavy atom. The second-order valence-corrected chi connectivity index (χ2v) is 8.06. The number of rotatable bonds is 5. The summed E-state index contributed by atoms with van der Waals surface area (Å²) in [4.78, 5) is 12.5. The molecule has 2 heterocycles. The third-order valence-corrected chi connectivity index (χ3v) is 5.60. The fourth-order valence-corrected chi connectivity index (χ4v) is 3.68. The lowest BCUT2D eigenvalue weighted by Gasteiger charge is -2.09. The molecule has 0 radical (unpaired) electrons. The van der Waals surface area contributed by atoms with Crippen molar-refractivity contribution < 1.29 is 13.2 Å². The van der Waals surface area contributed by atoms with Crippen LogP contribution in [0.15, 0.2) is 41.3 Å². The van der Waals surface area contributed by atoms with Crippen LogP contribution in [0.2, 0.25) is 5.15 Å². The highest BCUT2D eigenvalue weighted by Gasteiger charge is 2.18. The maximum atomic E-state index is 12.5. The largest absolute Gasteiger partial charge is 0.322 e. The van der Waals surface area contributed by atoms with E-state index in [4.69, 9.17) is 11.6 Å². The summed E-state index contributed by atoms with van der Waals surface area (Å²) in [6.45, 7) is 3.55. The minimum absolute atomic E-state index is 0.0102. The van der Waals surface area contributed by atoms with Gasteiger partial charge in [-0.2, -0.15) is 5.10 Å². The Labute approximate surface area is 166 Å². The van der Waals surface area contributed by atoms with Crippen molar-refractivity contribution in [2.45, 2.75) is 18.7 Å². The van der Waals surface area contributed by atoms with Gasteiger partial charge in [0.15, 0.2) is 11.0 Å². The Kier molecular flexibility index (Phi) is 5.34. The molecular weight excluding hydrogens is 404 g/mol. The molecule has 1 amide bonds. The highest BCUT2D eigenvalue weighted by Crippen LogP contribution is 2.19. The van der Waals surface area contributed by atoms with Gasteiger partial charge in [-0.15, -0.1) is 10.2 Å². The van der Waals surface area contributed by atoms with E-state index in [1.165, 1.54) is 36.4 Å². The number of aromatic nitrogens is 4. The molecule has 2 N–H and O–H groups in total. The van der Waals surface area contributed by atoms with Gasteiger partial charge >= 0.3 is 0 Å². The molecule has 0 saturated carbocycles. The molecule has 0 saturated heterocycles. The van der Waals surface area contributed by atoms with Crippen LogP contribution in [0.1, 0.15) is 21.7 Å². The number of carbonyl (C=O) groups is 1.